The molecule has 0 atom stereocenters. The van der Waals surface area contributed by atoms with Crippen molar-refractivity contribution in [2.45, 2.75) is 13.3 Å². The van der Waals surface area contributed by atoms with Crippen molar-refractivity contribution in [3.8, 4) is 0 Å². The van der Waals surface area contributed by atoms with Gasteiger partial charge in [-0.3, -0.25) is 0 Å². The molecule has 0 amide bonds. The third-order valence-corrected chi connectivity index (χ3v) is 3.15. The van der Waals surface area contributed by atoms with E-state index in [0.29, 0.717) is 20.5 Å². The Morgan fingerprint density at radius 2 is 1.69 bits per heavy atom. The topological polar surface area (TPSA) is 64.6 Å². The summed E-state index contributed by atoms with van der Waals surface area (Å²) >= 11 is 2.00. The number of ether oxygens (including phenoxy) is 2. The van der Waals surface area contributed by atoms with Crippen LogP contribution >= 0.6 is 22.6 Å². The van der Waals surface area contributed by atoms with Gasteiger partial charge in [0.1, 0.15) is 0 Å². The van der Waals surface area contributed by atoms with Crippen molar-refractivity contribution in [1.29, 1.82) is 0 Å². The minimum absolute atomic E-state index is 0.233. The smallest absolute Gasteiger partial charge is 0.336 e. The molecule has 5 nitrogen and oxygen atoms in total. The largest absolute Gasteiger partial charge is 0.466 e. The van der Waals surface area contributed by atoms with E-state index in [4.69, 9.17) is 0 Å². The normalized spacial score (nSPS) is 15.8. The number of allylic oxidation sites excluding steroid dienone is 1. The Bertz CT molecular complexity index is 362. The van der Waals surface area contributed by atoms with Gasteiger partial charge in [-0.05, 0) is 29.5 Å². The first-order valence-corrected chi connectivity index (χ1v) is 5.61. The molecule has 0 aromatic rings. The van der Waals surface area contributed by atoms with Gasteiger partial charge < -0.3 is 14.8 Å². The third-order valence-electron chi connectivity index (χ3n) is 2.23. The van der Waals surface area contributed by atoms with Crippen LogP contribution in [0.15, 0.2) is 20.5 Å². The highest BCUT2D eigenvalue weighted by Gasteiger charge is 2.26. The Labute approximate surface area is 107 Å². The van der Waals surface area contributed by atoms with Gasteiger partial charge in [-0.2, -0.15) is 0 Å². The maximum Gasteiger partial charge on any atom is 0.336 e. The van der Waals surface area contributed by atoms with E-state index < -0.39 is 11.9 Å². The average molecular weight is 337 g/mol. The Kier molecular flexibility index (Phi) is 4.34. The van der Waals surface area contributed by atoms with E-state index in [-0.39, 0.29) is 6.42 Å². The predicted octanol–water partition coefficient (Wildman–Crippen LogP) is 1.25. The van der Waals surface area contributed by atoms with Gasteiger partial charge in [0.05, 0.1) is 29.1 Å². The fourth-order valence-corrected chi connectivity index (χ4v) is 2.15. The van der Waals surface area contributed by atoms with Crippen molar-refractivity contribution in [1.82, 2.24) is 5.32 Å². The molecule has 1 aliphatic rings. The van der Waals surface area contributed by atoms with Gasteiger partial charge in [-0.15, -0.1) is 0 Å². The summed E-state index contributed by atoms with van der Waals surface area (Å²) in [7, 11) is 2.62. The van der Waals surface area contributed by atoms with Crippen LogP contribution in [0.1, 0.15) is 13.3 Å². The third kappa shape index (κ3) is 2.55. The SMILES string of the molecule is COC(=O)C1=C(C)NC(I)=C(C(=O)OC)C1. The van der Waals surface area contributed by atoms with Gasteiger partial charge in [0.2, 0.25) is 0 Å². The number of carbonyl (C=O) groups excluding carboxylic acids is 2. The van der Waals surface area contributed by atoms with Crippen LogP contribution in [0.2, 0.25) is 0 Å². The van der Waals surface area contributed by atoms with Crippen molar-refractivity contribution in [2.75, 3.05) is 14.2 Å². The number of dihydropyridines is 1. The van der Waals surface area contributed by atoms with E-state index in [1.807, 2.05) is 22.6 Å². The first-order chi connectivity index (χ1) is 7.51. The zero-order valence-corrected chi connectivity index (χ0v) is 11.4. The molecule has 16 heavy (non-hydrogen) atoms. The van der Waals surface area contributed by atoms with Crippen LogP contribution in [0, 0.1) is 0 Å². The Hall–Kier alpha value is -1.05. The quantitative estimate of drug-likeness (QED) is 0.467. The van der Waals surface area contributed by atoms with Gasteiger partial charge in [0.25, 0.3) is 0 Å². The van der Waals surface area contributed by atoms with Gasteiger partial charge >= 0.3 is 11.9 Å². The molecule has 0 aromatic carbocycles. The molecule has 1 rings (SSSR count). The van der Waals surface area contributed by atoms with E-state index >= 15 is 0 Å². The standard InChI is InChI=1S/C10H12INO4/c1-5-6(9(13)15-2)4-7(8(11)12-5)10(14)16-3/h12H,4H2,1-3H3. The number of esters is 2. The second-order valence-corrected chi connectivity index (χ2v) is 4.26. The Morgan fingerprint density at radius 3 is 2.19 bits per heavy atom. The maximum absolute atomic E-state index is 11.4. The molecule has 6 heteroatoms. The fourth-order valence-electron chi connectivity index (χ4n) is 1.34. The molecule has 1 heterocycles. The fraction of sp³-hybridized carbons (Fsp3) is 0.400. The number of hydrogen-bond acceptors (Lipinski definition) is 5. The highest BCUT2D eigenvalue weighted by Crippen LogP contribution is 2.27. The molecule has 1 N–H and O–H groups in total. The van der Waals surface area contributed by atoms with Crippen LogP contribution in [0.3, 0.4) is 0 Å². The lowest BCUT2D eigenvalue weighted by molar-refractivity contribution is -0.136. The van der Waals surface area contributed by atoms with Gasteiger partial charge in [-0.1, -0.05) is 0 Å². The number of methoxy groups -OCH3 is 2. The van der Waals surface area contributed by atoms with Crippen molar-refractivity contribution >= 4 is 34.5 Å². The van der Waals surface area contributed by atoms with Gasteiger partial charge in [0, 0.05) is 12.1 Å². The van der Waals surface area contributed by atoms with Crippen LogP contribution in [-0.2, 0) is 19.1 Å². The van der Waals surface area contributed by atoms with Crippen molar-refractivity contribution in [2.24, 2.45) is 0 Å². The lowest BCUT2D eigenvalue weighted by Gasteiger charge is -2.20. The number of rotatable bonds is 2. The second kappa shape index (κ2) is 5.33. The average Bonchev–Trinajstić information content (AvgIpc) is 2.27. The molecular weight excluding hydrogens is 325 g/mol. The minimum Gasteiger partial charge on any atom is -0.466 e. The van der Waals surface area contributed by atoms with Gasteiger partial charge in [-0.25, -0.2) is 9.59 Å². The molecule has 0 bridgehead atoms. The Balaban J connectivity index is 2.99. The molecule has 0 spiro atoms. The molecule has 0 aromatic heterocycles. The molecule has 0 unspecified atom stereocenters. The van der Waals surface area contributed by atoms with Crippen molar-refractivity contribution in [3.05, 3.63) is 20.5 Å². The summed E-state index contributed by atoms with van der Waals surface area (Å²) in [5, 5.41) is 2.95. The van der Waals surface area contributed by atoms with E-state index in [0.717, 1.165) is 0 Å². The molecule has 0 saturated heterocycles. The monoisotopic (exact) mass is 337 g/mol. The number of hydrogen-bond donors (Lipinski definition) is 1. The zero-order valence-electron chi connectivity index (χ0n) is 9.22. The summed E-state index contributed by atoms with van der Waals surface area (Å²) in [5.41, 5.74) is 1.58. The molecule has 0 aliphatic carbocycles. The van der Waals surface area contributed by atoms with Crippen LogP contribution in [0.4, 0.5) is 0 Å². The summed E-state index contributed by atoms with van der Waals surface area (Å²) in [6, 6.07) is 0. The van der Waals surface area contributed by atoms with E-state index in [9.17, 15) is 9.59 Å². The Morgan fingerprint density at radius 1 is 1.19 bits per heavy atom. The van der Waals surface area contributed by atoms with Crippen LogP contribution in [-0.4, -0.2) is 26.2 Å². The zero-order chi connectivity index (χ0) is 12.3. The lowest BCUT2D eigenvalue weighted by atomic mass is 10.0. The summed E-state index contributed by atoms with van der Waals surface area (Å²) < 4.78 is 9.96. The summed E-state index contributed by atoms with van der Waals surface area (Å²) in [5.74, 6) is -0.874. The molecule has 1 aliphatic heterocycles. The van der Waals surface area contributed by atoms with Crippen molar-refractivity contribution < 1.29 is 19.1 Å². The highest BCUT2D eigenvalue weighted by atomic mass is 127. The minimum atomic E-state index is -0.439. The molecule has 0 radical (unpaired) electrons. The number of nitrogens with one attached hydrogen (secondary N) is 1. The van der Waals surface area contributed by atoms with Crippen molar-refractivity contribution in [3.63, 3.8) is 0 Å². The van der Waals surface area contributed by atoms with Crippen LogP contribution in [0.25, 0.3) is 0 Å². The molecule has 0 saturated carbocycles. The van der Waals surface area contributed by atoms with Gasteiger partial charge in [0.15, 0.2) is 0 Å². The number of carbonyl (C=O) groups is 2. The van der Waals surface area contributed by atoms with E-state index in [1.54, 1.807) is 6.92 Å². The van der Waals surface area contributed by atoms with Crippen LogP contribution in [0.5, 0.6) is 0 Å². The van der Waals surface area contributed by atoms with Crippen LogP contribution < -0.4 is 5.32 Å². The molecule has 88 valence electrons. The lowest BCUT2D eigenvalue weighted by Crippen LogP contribution is -2.24. The predicted molar refractivity (Wildman–Crippen MR) is 65.5 cm³/mol. The first-order valence-electron chi connectivity index (χ1n) is 4.53. The molecule has 0 fully saturated rings. The first kappa shape index (κ1) is 13.0. The number of halogens is 1. The van der Waals surface area contributed by atoms with E-state index in [2.05, 4.69) is 14.8 Å². The summed E-state index contributed by atoms with van der Waals surface area (Å²) in [4.78, 5) is 22.9. The molecular formula is C10H12INO4. The summed E-state index contributed by atoms with van der Waals surface area (Å²) in [6.07, 6.45) is 0.233. The highest BCUT2D eigenvalue weighted by molar-refractivity contribution is 14.1. The maximum atomic E-state index is 11.4. The summed E-state index contributed by atoms with van der Waals surface area (Å²) in [6.45, 7) is 1.76. The second-order valence-electron chi connectivity index (χ2n) is 3.18. The van der Waals surface area contributed by atoms with E-state index in [1.165, 1.54) is 14.2 Å².